The highest BCUT2D eigenvalue weighted by Gasteiger charge is 2.42. The van der Waals surface area contributed by atoms with Crippen LogP contribution in [0, 0.1) is 11.8 Å². The highest BCUT2D eigenvalue weighted by atomic mass is 15.3. The highest BCUT2D eigenvalue weighted by molar-refractivity contribution is 5.02. The van der Waals surface area contributed by atoms with Gasteiger partial charge < -0.3 is 4.90 Å². The maximum absolute atomic E-state index is 4.04. The fourth-order valence-electron chi connectivity index (χ4n) is 2.85. The van der Waals surface area contributed by atoms with E-state index in [1.165, 1.54) is 31.9 Å². The predicted octanol–water partition coefficient (Wildman–Crippen LogP) is 2.18. The fraction of sp³-hybridized carbons (Fsp3) is 0.846. The number of rotatable bonds is 1. The molecule has 86 valence electrons. The minimum absolute atomic E-state index is 0.346. The maximum Gasteiger partial charge on any atom is 0.0219 e. The summed E-state index contributed by atoms with van der Waals surface area (Å²) in [4.78, 5) is 5.09. The predicted molar refractivity (Wildman–Crippen MR) is 64.7 cm³/mol. The first-order chi connectivity index (χ1) is 6.88. The Morgan fingerprint density at radius 2 is 1.53 bits per heavy atom. The molecule has 0 aromatic carbocycles. The lowest BCUT2D eigenvalue weighted by molar-refractivity contribution is 0.154. The van der Waals surface area contributed by atoms with Gasteiger partial charge in [-0.25, -0.2) is 0 Å². The third-order valence-electron chi connectivity index (χ3n) is 3.97. The van der Waals surface area contributed by atoms with Crippen molar-refractivity contribution in [3.63, 3.8) is 0 Å². The van der Waals surface area contributed by atoms with Gasteiger partial charge in [-0.05, 0) is 39.5 Å². The minimum atomic E-state index is 0.346. The van der Waals surface area contributed by atoms with Crippen molar-refractivity contribution in [2.45, 2.75) is 33.2 Å². The number of allylic oxidation sites excluding steroid dienone is 1. The molecule has 0 spiro atoms. The van der Waals surface area contributed by atoms with Gasteiger partial charge in [0.25, 0.3) is 0 Å². The monoisotopic (exact) mass is 208 g/mol. The molecule has 2 heterocycles. The summed E-state index contributed by atoms with van der Waals surface area (Å²) in [5.41, 5.74) is 1.59. The Morgan fingerprint density at radius 3 is 1.87 bits per heavy atom. The van der Waals surface area contributed by atoms with Crippen LogP contribution in [0.5, 0.6) is 0 Å². The van der Waals surface area contributed by atoms with Crippen LogP contribution in [0.4, 0.5) is 0 Å². The maximum atomic E-state index is 4.04. The first-order valence-electron chi connectivity index (χ1n) is 6.03. The Morgan fingerprint density at radius 1 is 1.07 bits per heavy atom. The Labute approximate surface area is 93.9 Å². The molecule has 15 heavy (non-hydrogen) atoms. The van der Waals surface area contributed by atoms with E-state index in [1.807, 2.05) is 0 Å². The molecule has 2 rings (SSSR count). The van der Waals surface area contributed by atoms with Crippen molar-refractivity contribution in [2.75, 3.05) is 26.2 Å². The smallest absolute Gasteiger partial charge is 0.0219 e. The average Bonchev–Trinajstić information content (AvgIpc) is 2.55. The van der Waals surface area contributed by atoms with Gasteiger partial charge in [0.15, 0.2) is 0 Å². The lowest BCUT2D eigenvalue weighted by atomic mass is 10.0. The number of fused-ring (bicyclic) bond motifs is 1. The molecule has 0 bridgehead atoms. The van der Waals surface area contributed by atoms with Crippen LogP contribution in [-0.4, -0.2) is 41.5 Å². The van der Waals surface area contributed by atoms with E-state index in [1.54, 1.807) is 0 Å². The van der Waals surface area contributed by atoms with Crippen LogP contribution in [0.3, 0.4) is 0 Å². The topological polar surface area (TPSA) is 6.48 Å². The van der Waals surface area contributed by atoms with E-state index >= 15 is 0 Å². The fourth-order valence-corrected chi connectivity index (χ4v) is 2.85. The second-order valence-electron chi connectivity index (χ2n) is 6.24. The Kier molecular flexibility index (Phi) is 2.58. The number of hydrogen-bond acceptors (Lipinski definition) is 2. The standard InChI is InChI=1S/C13H24N2/c1-10(2)14-6-11-8-15(13(3,4)5)9-12(11)7-14/h11-12H,1,6-9H2,2-5H3. The Hall–Kier alpha value is -0.500. The summed E-state index contributed by atoms with van der Waals surface area (Å²) < 4.78 is 0. The quantitative estimate of drug-likeness (QED) is 0.652. The molecule has 2 aliphatic heterocycles. The first-order valence-corrected chi connectivity index (χ1v) is 6.03. The van der Waals surface area contributed by atoms with Crippen LogP contribution in [0.2, 0.25) is 0 Å². The van der Waals surface area contributed by atoms with Crippen LogP contribution in [0.15, 0.2) is 12.3 Å². The number of likely N-dealkylation sites (tertiary alicyclic amines) is 2. The van der Waals surface area contributed by atoms with Gasteiger partial charge in [-0.2, -0.15) is 0 Å². The molecule has 2 heteroatoms. The molecule has 2 aliphatic rings. The molecule has 0 amide bonds. The van der Waals surface area contributed by atoms with Crippen molar-refractivity contribution in [3.05, 3.63) is 12.3 Å². The minimum Gasteiger partial charge on any atom is -0.375 e. The van der Waals surface area contributed by atoms with Gasteiger partial charge >= 0.3 is 0 Å². The molecule has 0 aliphatic carbocycles. The van der Waals surface area contributed by atoms with Crippen LogP contribution in [0.25, 0.3) is 0 Å². The summed E-state index contributed by atoms with van der Waals surface area (Å²) in [6.45, 7) is 18.2. The molecule has 2 atom stereocenters. The van der Waals surface area contributed by atoms with Gasteiger partial charge in [-0.1, -0.05) is 6.58 Å². The molecular weight excluding hydrogens is 184 g/mol. The number of nitrogens with zero attached hydrogens (tertiary/aromatic N) is 2. The molecule has 0 aromatic heterocycles. The molecule has 2 saturated heterocycles. The van der Waals surface area contributed by atoms with Crippen molar-refractivity contribution in [2.24, 2.45) is 11.8 Å². The summed E-state index contributed by atoms with van der Waals surface area (Å²) in [5, 5.41) is 0. The lowest BCUT2D eigenvalue weighted by Gasteiger charge is -2.33. The largest absolute Gasteiger partial charge is 0.375 e. The summed E-state index contributed by atoms with van der Waals surface area (Å²) in [6, 6.07) is 0. The van der Waals surface area contributed by atoms with Gasteiger partial charge in [0, 0.05) is 37.4 Å². The summed E-state index contributed by atoms with van der Waals surface area (Å²) in [6.07, 6.45) is 0. The van der Waals surface area contributed by atoms with E-state index in [2.05, 4.69) is 44.1 Å². The highest BCUT2D eigenvalue weighted by Crippen LogP contribution is 2.35. The van der Waals surface area contributed by atoms with Gasteiger partial charge in [-0.15, -0.1) is 0 Å². The van der Waals surface area contributed by atoms with Gasteiger partial charge in [0.2, 0.25) is 0 Å². The SMILES string of the molecule is C=C(C)N1CC2CN(C(C)(C)C)CC2C1. The van der Waals surface area contributed by atoms with Crippen molar-refractivity contribution in [1.82, 2.24) is 9.80 Å². The second kappa shape index (κ2) is 3.51. The molecule has 0 N–H and O–H groups in total. The molecule has 2 fully saturated rings. The summed E-state index contributed by atoms with van der Waals surface area (Å²) in [7, 11) is 0. The van der Waals surface area contributed by atoms with E-state index in [0.29, 0.717) is 5.54 Å². The molecular formula is C13H24N2. The number of hydrogen-bond donors (Lipinski definition) is 0. The van der Waals surface area contributed by atoms with Crippen molar-refractivity contribution in [1.29, 1.82) is 0 Å². The van der Waals surface area contributed by atoms with Gasteiger partial charge in [0.05, 0.1) is 0 Å². The average molecular weight is 208 g/mol. The lowest BCUT2D eigenvalue weighted by Crippen LogP contribution is -2.41. The van der Waals surface area contributed by atoms with Gasteiger partial charge in [0.1, 0.15) is 0 Å². The molecule has 2 unspecified atom stereocenters. The zero-order chi connectivity index (χ0) is 11.2. The van der Waals surface area contributed by atoms with Gasteiger partial charge in [-0.3, -0.25) is 4.90 Å². The van der Waals surface area contributed by atoms with E-state index in [-0.39, 0.29) is 0 Å². The van der Waals surface area contributed by atoms with Crippen LogP contribution in [0.1, 0.15) is 27.7 Å². The van der Waals surface area contributed by atoms with E-state index in [4.69, 9.17) is 0 Å². The van der Waals surface area contributed by atoms with Crippen LogP contribution >= 0.6 is 0 Å². The summed E-state index contributed by atoms with van der Waals surface area (Å²) in [5.74, 6) is 1.75. The van der Waals surface area contributed by atoms with E-state index in [0.717, 1.165) is 11.8 Å². The van der Waals surface area contributed by atoms with E-state index < -0.39 is 0 Å². The van der Waals surface area contributed by atoms with Crippen molar-refractivity contribution < 1.29 is 0 Å². The van der Waals surface area contributed by atoms with Crippen molar-refractivity contribution in [3.8, 4) is 0 Å². The van der Waals surface area contributed by atoms with E-state index in [9.17, 15) is 0 Å². The normalized spacial score (nSPS) is 32.1. The van der Waals surface area contributed by atoms with Crippen LogP contribution in [-0.2, 0) is 0 Å². The van der Waals surface area contributed by atoms with Crippen molar-refractivity contribution >= 4 is 0 Å². The molecule has 0 radical (unpaired) electrons. The molecule has 0 aromatic rings. The third-order valence-corrected chi connectivity index (χ3v) is 3.97. The zero-order valence-electron chi connectivity index (χ0n) is 10.6. The summed E-state index contributed by atoms with van der Waals surface area (Å²) >= 11 is 0. The molecule has 0 saturated carbocycles. The first kappa shape index (κ1) is 11.0. The Bertz CT molecular complexity index is 250. The third kappa shape index (κ3) is 2.05. The van der Waals surface area contributed by atoms with Crippen LogP contribution < -0.4 is 0 Å². The Balaban J connectivity index is 1.96. The zero-order valence-corrected chi connectivity index (χ0v) is 10.6. The second-order valence-corrected chi connectivity index (χ2v) is 6.24. The molecule has 2 nitrogen and oxygen atoms in total.